The second-order valence-electron chi connectivity index (χ2n) is 9.25. The van der Waals surface area contributed by atoms with E-state index in [0.29, 0.717) is 45.8 Å². The maximum absolute atomic E-state index is 13.8. The number of benzene rings is 3. The summed E-state index contributed by atoms with van der Waals surface area (Å²) in [4.78, 5) is 35.5. The molecule has 210 valence electrons. The van der Waals surface area contributed by atoms with E-state index in [1.807, 2.05) is 48.7 Å². The first-order chi connectivity index (χ1) is 19.9. The summed E-state index contributed by atoms with van der Waals surface area (Å²) < 4.78 is 16.4. The van der Waals surface area contributed by atoms with Gasteiger partial charge in [-0.05, 0) is 73.1 Å². The molecule has 0 spiro atoms. The van der Waals surface area contributed by atoms with E-state index in [0.717, 1.165) is 16.5 Å². The number of nitrogens with zero attached hydrogens (tertiary/aromatic N) is 2. The van der Waals surface area contributed by atoms with Crippen LogP contribution in [0.25, 0.3) is 17.0 Å². The number of carbonyl (C=O) groups excluding carboxylic acids is 1. The van der Waals surface area contributed by atoms with E-state index in [2.05, 4.69) is 11.1 Å². The SMILES string of the molecule is COc1ccc(N=C2S/C(=C\c3cccc(OC)c3O[C@@H](C)C(=O)O)C(=O)N2CCc2c[nH]c3ccccc23)cc1. The number of para-hydroxylation sites is 2. The number of methoxy groups -OCH3 is 2. The average molecular weight is 572 g/mol. The predicted molar refractivity (Wildman–Crippen MR) is 160 cm³/mol. The fourth-order valence-electron chi connectivity index (χ4n) is 4.43. The molecule has 0 aliphatic carbocycles. The molecular weight excluding hydrogens is 542 g/mol. The van der Waals surface area contributed by atoms with E-state index in [-0.39, 0.29) is 11.7 Å². The van der Waals surface area contributed by atoms with E-state index >= 15 is 0 Å². The lowest BCUT2D eigenvalue weighted by atomic mass is 10.1. The van der Waals surface area contributed by atoms with Gasteiger partial charge in [-0.3, -0.25) is 9.69 Å². The second kappa shape index (κ2) is 12.2. The molecule has 2 N–H and O–H groups in total. The van der Waals surface area contributed by atoms with Gasteiger partial charge in [0.25, 0.3) is 5.91 Å². The number of amidine groups is 1. The number of aromatic nitrogens is 1. The predicted octanol–water partition coefficient (Wildman–Crippen LogP) is 5.88. The van der Waals surface area contributed by atoms with Crippen LogP contribution >= 0.6 is 11.8 Å². The van der Waals surface area contributed by atoms with Crippen molar-refractivity contribution in [1.29, 1.82) is 0 Å². The number of hydrogen-bond donors (Lipinski definition) is 2. The first-order valence-electron chi connectivity index (χ1n) is 12.9. The van der Waals surface area contributed by atoms with Crippen LogP contribution in [0.1, 0.15) is 18.1 Å². The van der Waals surface area contributed by atoms with Gasteiger partial charge in [0, 0.05) is 29.2 Å². The van der Waals surface area contributed by atoms with Gasteiger partial charge in [0.15, 0.2) is 22.8 Å². The Hall–Kier alpha value is -4.70. The maximum atomic E-state index is 13.8. The lowest BCUT2D eigenvalue weighted by Gasteiger charge is -2.16. The van der Waals surface area contributed by atoms with Crippen LogP contribution in [0.15, 0.2) is 82.8 Å². The van der Waals surface area contributed by atoms with E-state index in [1.54, 1.807) is 36.3 Å². The van der Waals surface area contributed by atoms with Crippen molar-refractivity contribution in [1.82, 2.24) is 9.88 Å². The summed E-state index contributed by atoms with van der Waals surface area (Å²) in [5.41, 5.74) is 3.35. The van der Waals surface area contributed by atoms with Crippen molar-refractivity contribution in [2.24, 2.45) is 4.99 Å². The largest absolute Gasteiger partial charge is 0.497 e. The second-order valence-corrected chi connectivity index (χ2v) is 10.3. The quantitative estimate of drug-likeness (QED) is 0.228. The summed E-state index contributed by atoms with van der Waals surface area (Å²) in [5.74, 6) is 0.00488. The lowest BCUT2D eigenvalue weighted by Crippen LogP contribution is -2.31. The van der Waals surface area contributed by atoms with Crippen molar-refractivity contribution in [3.05, 3.63) is 89.0 Å². The Bertz CT molecular complexity index is 1640. The zero-order valence-corrected chi connectivity index (χ0v) is 23.6. The number of thioether (sulfide) groups is 1. The highest BCUT2D eigenvalue weighted by Gasteiger charge is 2.34. The number of nitrogens with one attached hydrogen (secondary N) is 1. The molecule has 1 aliphatic rings. The number of hydrogen-bond acceptors (Lipinski definition) is 7. The van der Waals surface area contributed by atoms with Gasteiger partial charge >= 0.3 is 5.97 Å². The number of carboxylic acid groups (broad SMARTS) is 1. The van der Waals surface area contributed by atoms with Gasteiger partial charge in [0.1, 0.15) is 5.75 Å². The number of aliphatic carboxylic acids is 1. The molecule has 5 rings (SSSR count). The summed E-state index contributed by atoms with van der Waals surface area (Å²) in [6, 6.07) is 20.5. The molecule has 1 amide bonds. The van der Waals surface area contributed by atoms with Gasteiger partial charge < -0.3 is 24.3 Å². The normalized spacial score (nSPS) is 16.0. The minimum absolute atomic E-state index is 0.206. The van der Waals surface area contributed by atoms with Gasteiger partial charge in [-0.25, -0.2) is 9.79 Å². The number of carbonyl (C=O) groups is 2. The van der Waals surface area contributed by atoms with Crippen molar-refractivity contribution in [3.63, 3.8) is 0 Å². The van der Waals surface area contributed by atoms with Crippen molar-refractivity contribution in [2.45, 2.75) is 19.4 Å². The Morgan fingerprint density at radius 2 is 1.85 bits per heavy atom. The first-order valence-corrected chi connectivity index (χ1v) is 13.7. The molecule has 1 aromatic heterocycles. The van der Waals surface area contributed by atoms with E-state index < -0.39 is 12.1 Å². The summed E-state index contributed by atoms with van der Waals surface area (Å²) in [6.45, 7) is 1.85. The van der Waals surface area contributed by atoms with Gasteiger partial charge in [-0.2, -0.15) is 0 Å². The molecule has 0 unspecified atom stereocenters. The smallest absolute Gasteiger partial charge is 0.344 e. The van der Waals surface area contributed by atoms with E-state index in [1.165, 1.54) is 25.8 Å². The van der Waals surface area contributed by atoms with Crippen LogP contribution in [-0.2, 0) is 16.0 Å². The van der Waals surface area contributed by atoms with Crippen molar-refractivity contribution < 1.29 is 28.9 Å². The summed E-state index contributed by atoms with van der Waals surface area (Å²) >= 11 is 1.25. The topological polar surface area (TPSA) is 113 Å². The number of H-pyrrole nitrogens is 1. The molecule has 1 saturated heterocycles. The number of aromatic amines is 1. The van der Waals surface area contributed by atoms with Crippen LogP contribution in [0, 0.1) is 0 Å². The van der Waals surface area contributed by atoms with E-state index in [4.69, 9.17) is 19.2 Å². The van der Waals surface area contributed by atoms with Gasteiger partial charge in [-0.1, -0.05) is 30.3 Å². The molecular formula is C31H29N3O6S. The number of rotatable bonds is 10. The zero-order chi connectivity index (χ0) is 28.9. The van der Waals surface area contributed by atoms with Crippen molar-refractivity contribution in [2.75, 3.05) is 20.8 Å². The van der Waals surface area contributed by atoms with Gasteiger partial charge in [0.05, 0.1) is 24.8 Å². The molecule has 4 aromatic rings. The highest BCUT2D eigenvalue weighted by Crippen LogP contribution is 2.39. The molecule has 9 nitrogen and oxygen atoms in total. The van der Waals surface area contributed by atoms with Crippen LogP contribution in [0.5, 0.6) is 17.2 Å². The minimum atomic E-state index is -1.12. The van der Waals surface area contributed by atoms with Gasteiger partial charge in [-0.15, -0.1) is 0 Å². The monoisotopic (exact) mass is 571 g/mol. The zero-order valence-electron chi connectivity index (χ0n) is 22.8. The fourth-order valence-corrected chi connectivity index (χ4v) is 5.44. The molecule has 1 fully saturated rings. The maximum Gasteiger partial charge on any atom is 0.344 e. The van der Waals surface area contributed by atoms with E-state index in [9.17, 15) is 14.7 Å². The van der Waals surface area contributed by atoms with Crippen LogP contribution in [0.3, 0.4) is 0 Å². The Kier molecular flexibility index (Phi) is 8.30. The highest BCUT2D eigenvalue weighted by atomic mass is 32.2. The molecule has 1 atom stereocenters. The molecule has 10 heteroatoms. The Morgan fingerprint density at radius 1 is 1.07 bits per heavy atom. The standard InChI is InChI=1S/C31H29N3O6S/c1-19(30(36)37)40-28-20(7-6-10-26(28)39-3)17-27-29(35)34(16-15-21-18-32-25-9-5-4-8-24(21)25)31(41-27)33-22-11-13-23(38-2)14-12-22/h4-14,17-19,32H,15-16H2,1-3H3,(H,36,37)/b27-17-,33-31?/t19-/m0/s1. The van der Waals surface area contributed by atoms with Crippen LogP contribution < -0.4 is 14.2 Å². The number of fused-ring (bicyclic) bond motifs is 1. The number of carboxylic acids is 1. The average Bonchev–Trinajstić information content (AvgIpc) is 3.53. The summed E-state index contributed by atoms with van der Waals surface area (Å²) in [7, 11) is 3.08. The molecule has 1 aliphatic heterocycles. The summed E-state index contributed by atoms with van der Waals surface area (Å²) in [5, 5.41) is 11.0. The molecule has 41 heavy (non-hydrogen) atoms. The Labute approximate surface area is 241 Å². The summed E-state index contributed by atoms with van der Waals surface area (Å²) in [6.07, 6.45) is 3.16. The molecule has 0 radical (unpaired) electrons. The van der Waals surface area contributed by atoms with Crippen molar-refractivity contribution in [3.8, 4) is 17.2 Å². The van der Waals surface area contributed by atoms with Gasteiger partial charge in [0.2, 0.25) is 0 Å². The highest BCUT2D eigenvalue weighted by molar-refractivity contribution is 8.18. The molecule has 0 saturated carbocycles. The Balaban J connectivity index is 1.50. The molecule has 0 bridgehead atoms. The van der Waals surface area contributed by atoms with Crippen LogP contribution in [-0.4, -0.2) is 58.9 Å². The number of ether oxygens (including phenoxy) is 3. The third kappa shape index (κ3) is 6.07. The lowest BCUT2D eigenvalue weighted by molar-refractivity contribution is -0.144. The Morgan fingerprint density at radius 3 is 2.59 bits per heavy atom. The number of aliphatic imine (C=N–C) groups is 1. The fraction of sp³-hybridized carbons (Fsp3) is 0.194. The van der Waals surface area contributed by atoms with Crippen LogP contribution in [0.4, 0.5) is 5.69 Å². The first kappa shape index (κ1) is 27.9. The number of amides is 1. The molecule has 2 heterocycles. The van der Waals surface area contributed by atoms with Crippen molar-refractivity contribution >= 4 is 51.5 Å². The third-order valence-corrected chi connectivity index (χ3v) is 7.63. The van der Waals surface area contributed by atoms with Crippen LogP contribution in [0.2, 0.25) is 0 Å². The third-order valence-electron chi connectivity index (χ3n) is 6.62. The minimum Gasteiger partial charge on any atom is -0.497 e. The molecule has 3 aromatic carbocycles.